The fraction of sp³-hybridized carbons (Fsp3) is 0.267. The Kier molecular flexibility index (Phi) is 3.43. The van der Waals surface area contributed by atoms with Crippen LogP contribution in [0.1, 0.15) is 16.8 Å². The summed E-state index contributed by atoms with van der Waals surface area (Å²) in [4.78, 5) is 29.3. The highest BCUT2D eigenvalue weighted by Crippen LogP contribution is 2.30. The molecule has 1 aromatic heterocycles. The molecule has 2 aromatic rings. The van der Waals surface area contributed by atoms with Crippen molar-refractivity contribution in [3.63, 3.8) is 0 Å². The van der Waals surface area contributed by atoms with Gasteiger partial charge in [-0.1, -0.05) is 18.2 Å². The van der Waals surface area contributed by atoms with Gasteiger partial charge in [-0.2, -0.15) is 0 Å². The molecule has 0 saturated carbocycles. The van der Waals surface area contributed by atoms with Gasteiger partial charge < -0.3 is 15.3 Å². The van der Waals surface area contributed by atoms with E-state index in [0.717, 1.165) is 17.3 Å². The SMILES string of the molecule is O=C1CN(c2c(C(=O)O)cnc3ccccc23)CCCN1. The fourth-order valence-corrected chi connectivity index (χ4v) is 2.62. The van der Waals surface area contributed by atoms with Crippen molar-refractivity contribution < 1.29 is 14.7 Å². The topological polar surface area (TPSA) is 82.5 Å². The number of hydrogen-bond donors (Lipinski definition) is 2. The Labute approximate surface area is 121 Å². The van der Waals surface area contributed by atoms with Gasteiger partial charge in [-0.25, -0.2) is 4.79 Å². The van der Waals surface area contributed by atoms with Crippen LogP contribution in [0.15, 0.2) is 30.5 Å². The Morgan fingerprint density at radius 1 is 1.33 bits per heavy atom. The lowest BCUT2D eigenvalue weighted by Gasteiger charge is -2.24. The summed E-state index contributed by atoms with van der Waals surface area (Å²) >= 11 is 0. The maximum atomic E-state index is 11.8. The summed E-state index contributed by atoms with van der Waals surface area (Å²) in [5, 5.41) is 13.0. The van der Waals surface area contributed by atoms with E-state index in [2.05, 4.69) is 10.3 Å². The van der Waals surface area contributed by atoms with E-state index in [1.54, 1.807) is 0 Å². The third-order valence-electron chi connectivity index (χ3n) is 3.56. The van der Waals surface area contributed by atoms with Crippen LogP contribution in [0.4, 0.5) is 5.69 Å². The van der Waals surface area contributed by atoms with Crippen LogP contribution in [0.5, 0.6) is 0 Å². The van der Waals surface area contributed by atoms with Crippen molar-refractivity contribution >= 4 is 28.5 Å². The Morgan fingerprint density at radius 3 is 2.95 bits per heavy atom. The number of aromatic carboxylic acids is 1. The minimum Gasteiger partial charge on any atom is -0.478 e. The van der Waals surface area contributed by atoms with E-state index in [4.69, 9.17) is 0 Å². The van der Waals surface area contributed by atoms with E-state index in [1.807, 2.05) is 29.2 Å². The molecule has 1 fully saturated rings. The fourth-order valence-electron chi connectivity index (χ4n) is 2.62. The Morgan fingerprint density at radius 2 is 2.14 bits per heavy atom. The summed E-state index contributed by atoms with van der Waals surface area (Å²) in [6.07, 6.45) is 2.14. The van der Waals surface area contributed by atoms with Crippen molar-refractivity contribution in [3.8, 4) is 0 Å². The molecule has 0 unspecified atom stereocenters. The molecule has 0 bridgehead atoms. The number of benzene rings is 1. The minimum absolute atomic E-state index is 0.0928. The third-order valence-corrected chi connectivity index (χ3v) is 3.56. The largest absolute Gasteiger partial charge is 0.478 e. The summed E-state index contributed by atoms with van der Waals surface area (Å²) < 4.78 is 0. The Balaban J connectivity index is 2.19. The van der Waals surface area contributed by atoms with Gasteiger partial charge in [0.15, 0.2) is 0 Å². The standard InChI is InChI=1S/C15H15N3O3/c19-13-9-18(7-3-6-16-13)14-10-4-1-2-5-12(10)17-8-11(14)15(20)21/h1-2,4-5,8H,3,6-7,9H2,(H,16,19)(H,20,21). The van der Waals surface area contributed by atoms with Crippen molar-refractivity contribution in [1.29, 1.82) is 0 Å². The number of anilines is 1. The predicted molar refractivity (Wildman–Crippen MR) is 78.5 cm³/mol. The number of para-hydroxylation sites is 1. The lowest BCUT2D eigenvalue weighted by atomic mass is 10.1. The van der Waals surface area contributed by atoms with E-state index in [-0.39, 0.29) is 18.0 Å². The van der Waals surface area contributed by atoms with E-state index < -0.39 is 5.97 Å². The van der Waals surface area contributed by atoms with Crippen LogP contribution >= 0.6 is 0 Å². The van der Waals surface area contributed by atoms with E-state index in [0.29, 0.717) is 18.8 Å². The number of carbonyl (C=O) groups is 2. The second-order valence-corrected chi connectivity index (χ2v) is 4.97. The van der Waals surface area contributed by atoms with E-state index in [9.17, 15) is 14.7 Å². The molecule has 108 valence electrons. The van der Waals surface area contributed by atoms with Gasteiger partial charge in [0.05, 0.1) is 17.7 Å². The molecule has 1 saturated heterocycles. The molecule has 6 nitrogen and oxygen atoms in total. The number of amides is 1. The molecule has 1 aliphatic heterocycles. The Bertz CT molecular complexity index is 714. The summed E-state index contributed by atoms with van der Waals surface area (Å²) in [6, 6.07) is 7.38. The quantitative estimate of drug-likeness (QED) is 0.868. The number of pyridine rings is 1. The summed E-state index contributed by atoms with van der Waals surface area (Å²) in [5.41, 5.74) is 1.43. The first kappa shape index (κ1) is 13.4. The molecule has 1 aliphatic rings. The maximum Gasteiger partial charge on any atom is 0.339 e. The molecule has 1 amide bonds. The Hall–Kier alpha value is -2.63. The highest BCUT2D eigenvalue weighted by atomic mass is 16.4. The highest BCUT2D eigenvalue weighted by molar-refractivity contribution is 6.05. The molecule has 1 aromatic carbocycles. The van der Waals surface area contributed by atoms with Crippen LogP contribution < -0.4 is 10.2 Å². The van der Waals surface area contributed by atoms with Crippen LogP contribution in [0.25, 0.3) is 10.9 Å². The molecule has 0 radical (unpaired) electrons. The molecule has 2 heterocycles. The number of nitrogens with zero attached hydrogens (tertiary/aromatic N) is 2. The van der Waals surface area contributed by atoms with Crippen molar-refractivity contribution in [1.82, 2.24) is 10.3 Å². The van der Waals surface area contributed by atoms with Gasteiger partial charge in [0, 0.05) is 24.7 Å². The van der Waals surface area contributed by atoms with Crippen LogP contribution in [0.2, 0.25) is 0 Å². The first-order valence-corrected chi connectivity index (χ1v) is 6.79. The number of carboxylic acids is 1. The van der Waals surface area contributed by atoms with Gasteiger partial charge in [-0.3, -0.25) is 9.78 Å². The lowest BCUT2D eigenvalue weighted by molar-refractivity contribution is -0.119. The summed E-state index contributed by atoms with van der Waals surface area (Å²) in [7, 11) is 0. The van der Waals surface area contributed by atoms with Crippen molar-refractivity contribution in [2.24, 2.45) is 0 Å². The number of nitrogens with one attached hydrogen (secondary N) is 1. The summed E-state index contributed by atoms with van der Waals surface area (Å²) in [5.74, 6) is -1.13. The first-order valence-electron chi connectivity index (χ1n) is 6.79. The molecule has 2 N–H and O–H groups in total. The van der Waals surface area contributed by atoms with E-state index in [1.165, 1.54) is 6.20 Å². The van der Waals surface area contributed by atoms with Gasteiger partial charge >= 0.3 is 5.97 Å². The number of aromatic nitrogens is 1. The van der Waals surface area contributed by atoms with Crippen LogP contribution in [0, 0.1) is 0 Å². The third kappa shape index (κ3) is 2.52. The number of carbonyl (C=O) groups excluding carboxylic acids is 1. The van der Waals surface area contributed by atoms with Crippen LogP contribution in [-0.2, 0) is 4.79 Å². The second-order valence-electron chi connectivity index (χ2n) is 4.97. The maximum absolute atomic E-state index is 11.8. The molecule has 21 heavy (non-hydrogen) atoms. The van der Waals surface area contributed by atoms with Gasteiger partial charge in [0.1, 0.15) is 5.56 Å². The number of fused-ring (bicyclic) bond motifs is 1. The van der Waals surface area contributed by atoms with Gasteiger partial charge in [0.25, 0.3) is 0 Å². The molecular weight excluding hydrogens is 270 g/mol. The van der Waals surface area contributed by atoms with E-state index >= 15 is 0 Å². The van der Waals surface area contributed by atoms with Crippen LogP contribution in [0.3, 0.4) is 0 Å². The molecule has 3 rings (SSSR count). The average molecular weight is 285 g/mol. The molecule has 6 heteroatoms. The van der Waals surface area contributed by atoms with Gasteiger partial charge in [0.2, 0.25) is 5.91 Å². The smallest absolute Gasteiger partial charge is 0.339 e. The highest BCUT2D eigenvalue weighted by Gasteiger charge is 2.23. The average Bonchev–Trinajstić information content (AvgIpc) is 2.70. The van der Waals surface area contributed by atoms with Crippen LogP contribution in [-0.4, -0.2) is 41.6 Å². The lowest BCUT2D eigenvalue weighted by Crippen LogP contribution is -2.34. The van der Waals surface area contributed by atoms with Gasteiger partial charge in [-0.05, 0) is 12.5 Å². The van der Waals surface area contributed by atoms with Crippen molar-refractivity contribution in [2.75, 3.05) is 24.5 Å². The molecule has 0 aliphatic carbocycles. The number of hydrogen-bond acceptors (Lipinski definition) is 4. The van der Waals surface area contributed by atoms with Gasteiger partial charge in [-0.15, -0.1) is 0 Å². The molecule has 0 atom stereocenters. The van der Waals surface area contributed by atoms with Crippen molar-refractivity contribution in [3.05, 3.63) is 36.0 Å². The predicted octanol–water partition coefficient (Wildman–Crippen LogP) is 1.26. The monoisotopic (exact) mass is 285 g/mol. The zero-order chi connectivity index (χ0) is 14.8. The number of carboxylic acid groups (broad SMARTS) is 1. The second kappa shape index (κ2) is 5.40. The summed E-state index contributed by atoms with van der Waals surface area (Å²) in [6.45, 7) is 1.40. The number of rotatable bonds is 2. The first-order chi connectivity index (χ1) is 10.2. The molecule has 0 spiro atoms. The minimum atomic E-state index is -1.03. The normalized spacial score (nSPS) is 15.6. The zero-order valence-corrected chi connectivity index (χ0v) is 11.4. The van der Waals surface area contributed by atoms with Crippen molar-refractivity contribution in [2.45, 2.75) is 6.42 Å². The molecular formula is C15H15N3O3. The zero-order valence-electron chi connectivity index (χ0n) is 11.4.